The third kappa shape index (κ3) is 1.45. The number of aromatic nitrogens is 3. The second-order valence-corrected chi connectivity index (χ2v) is 1.60. The predicted molar refractivity (Wildman–Crippen MR) is 33.1 cm³/mol. The number of hydrogen-bond acceptors (Lipinski definition) is 7. The maximum atomic E-state index is 10.0. The van der Waals surface area contributed by atoms with Gasteiger partial charge in [0.1, 0.15) is 0 Å². The van der Waals surface area contributed by atoms with Crippen LogP contribution in [0.4, 0.5) is 11.9 Å². The van der Waals surface area contributed by atoms with Crippen LogP contribution in [0.2, 0.25) is 0 Å². The summed E-state index contributed by atoms with van der Waals surface area (Å²) in [6.45, 7) is 0. The van der Waals surface area contributed by atoms with E-state index in [-0.39, 0.29) is 0 Å². The van der Waals surface area contributed by atoms with Gasteiger partial charge in [-0.2, -0.15) is 0 Å². The van der Waals surface area contributed by atoms with E-state index in [0.717, 1.165) is 0 Å². The first-order chi connectivity index (χ1) is 5.61. The van der Waals surface area contributed by atoms with Crippen molar-refractivity contribution in [3.63, 3.8) is 0 Å². The van der Waals surface area contributed by atoms with Crippen LogP contribution in [-0.4, -0.2) is 24.8 Å². The van der Waals surface area contributed by atoms with Crippen LogP contribution in [0.15, 0.2) is 6.33 Å². The van der Waals surface area contributed by atoms with Gasteiger partial charge in [-0.25, -0.2) is 0 Å². The summed E-state index contributed by atoms with van der Waals surface area (Å²) in [6, 6.07) is 0. The first-order valence-electron chi connectivity index (χ1n) is 2.59. The van der Waals surface area contributed by atoms with Crippen molar-refractivity contribution < 1.29 is 9.85 Å². The minimum absolute atomic E-state index is 0.712. The minimum Gasteiger partial charge on any atom is -0.390 e. The van der Waals surface area contributed by atoms with E-state index in [9.17, 15) is 20.2 Å². The summed E-state index contributed by atoms with van der Waals surface area (Å²) in [4.78, 5) is 27.3. The molecule has 1 aromatic heterocycles. The molecular weight excluding hydrogens is 170 g/mol. The molecule has 0 atom stereocenters. The zero-order chi connectivity index (χ0) is 9.14. The molecule has 9 heteroatoms. The lowest BCUT2D eigenvalue weighted by atomic mass is 10.9. The summed E-state index contributed by atoms with van der Waals surface area (Å²) in [5.74, 6) is -1.67. The van der Waals surface area contributed by atoms with Crippen LogP contribution in [0.3, 0.4) is 0 Å². The second kappa shape index (κ2) is 2.82. The van der Waals surface area contributed by atoms with Crippen LogP contribution in [0.25, 0.3) is 0 Å². The highest BCUT2D eigenvalue weighted by atomic mass is 16.6. The molecule has 0 aliphatic rings. The lowest BCUT2D eigenvalue weighted by Gasteiger charge is -1.90. The molecule has 62 valence electrons. The van der Waals surface area contributed by atoms with Crippen LogP contribution in [0, 0.1) is 20.2 Å². The Kier molecular flexibility index (Phi) is 1.86. The fourth-order valence-corrected chi connectivity index (χ4v) is 0.455. The first-order valence-corrected chi connectivity index (χ1v) is 2.59. The van der Waals surface area contributed by atoms with Crippen LogP contribution in [-0.2, 0) is 0 Å². The van der Waals surface area contributed by atoms with E-state index >= 15 is 0 Å². The van der Waals surface area contributed by atoms with Gasteiger partial charge in [-0.05, 0) is 19.8 Å². The van der Waals surface area contributed by atoms with Gasteiger partial charge in [0.25, 0.3) is 6.33 Å². The highest BCUT2D eigenvalue weighted by Gasteiger charge is 2.17. The van der Waals surface area contributed by atoms with E-state index in [4.69, 9.17) is 0 Å². The minimum atomic E-state index is -0.936. The lowest BCUT2D eigenvalue weighted by Crippen LogP contribution is -2.01. The molecule has 0 saturated heterocycles. The molecule has 0 fully saturated rings. The Labute approximate surface area is 64.4 Å². The Hall–Kier alpha value is -2.19. The van der Waals surface area contributed by atoms with Gasteiger partial charge < -0.3 is 20.2 Å². The van der Waals surface area contributed by atoms with E-state index in [1.54, 1.807) is 0 Å². The van der Waals surface area contributed by atoms with Gasteiger partial charge in [0, 0.05) is 4.98 Å². The van der Waals surface area contributed by atoms with Crippen molar-refractivity contribution in [1.29, 1.82) is 0 Å². The monoisotopic (exact) mass is 171 g/mol. The Morgan fingerprint density at radius 3 is 1.83 bits per heavy atom. The van der Waals surface area contributed by atoms with Gasteiger partial charge in [0.05, 0.1) is 0 Å². The Bertz CT molecular complexity index is 308. The smallest absolute Gasteiger partial charge is 0.390 e. The molecule has 0 aliphatic heterocycles. The molecule has 1 rings (SSSR count). The Morgan fingerprint density at radius 1 is 1.08 bits per heavy atom. The number of nitrogens with zero attached hydrogens (tertiary/aromatic N) is 5. The van der Waals surface area contributed by atoms with Crippen LogP contribution in [0.1, 0.15) is 0 Å². The zero-order valence-corrected chi connectivity index (χ0v) is 5.45. The van der Waals surface area contributed by atoms with E-state index in [0.29, 0.717) is 6.33 Å². The first kappa shape index (κ1) is 7.91. The summed E-state index contributed by atoms with van der Waals surface area (Å²) in [5.41, 5.74) is 0. The van der Waals surface area contributed by atoms with E-state index in [1.807, 2.05) is 0 Å². The number of rotatable bonds is 2. The maximum absolute atomic E-state index is 10.0. The molecule has 0 aromatic carbocycles. The van der Waals surface area contributed by atoms with Gasteiger partial charge in [0.2, 0.25) is 0 Å². The van der Waals surface area contributed by atoms with Crippen molar-refractivity contribution in [2.75, 3.05) is 0 Å². The average Bonchev–Trinajstić information content (AvgIpc) is 2.04. The normalized spacial score (nSPS) is 9.33. The fourth-order valence-electron chi connectivity index (χ4n) is 0.455. The molecule has 0 spiro atoms. The van der Waals surface area contributed by atoms with Crippen molar-refractivity contribution in [3.8, 4) is 0 Å². The van der Waals surface area contributed by atoms with Crippen molar-refractivity contribution in [2.45, 2.75) is 0 Å². The van der Waals surface area contributed by atoms with Gasteiger partial charge in [0.15, 0.2) is 0 Å². The van der Waals surface area contributed by atoms with Crippen LogP contribution in [0.5, 0.6) is 0 Å². The van der Waals surface area contributed by atoms with Gasteiger partial charge >= 0.3 is 11.9 Å². The summed E-state index contributed by atoms with van der Waals surface area (Å²) >= 11 is 0. The molecule has 12 heavy (non-hydrogen) atoms. The van der Waals surface area contributed by atoms with Crippen LogP contribution >= 0.6 is 0 Å². The second-order valence-electron chi connectivity index (χ2n) is 1.60. The van der Waals surface area contributed by atoms with Gasteiger partial charge in [-0.15, -0.1) is 0 Å². The predicted octanol–water partition coefficient (Wildman–Crippen LogP) is -0.312. The number of nitro groups is 2. The summed E-state index contributed by atoms with van der Waals surface area (Å²) < 4.78 is 0. The summed E-state index contributed by atoms with van der Waals surface area (Å²) in [5, 5.41) is 20.0. The molecular formula is C3HN5O4. The van der Waals surface area contributed by atoms with Gasteiger partial charge in [-0.1, -0.05) is 0 Å². The Morgan fingerprint density at radius 2 is 1.50 bits per heavy atom. The molecule has 1 aromatic rings. The molecule has 0 amide bonds. The summed E-state index contributed by atoms with van der Waals surface area (Å²) in [7, 11) is 0. The molecule has 0 saturated carbocycles. The van der Waals surface area contributed by atoms with Crippen molar-refractivity contribution in [2.24, 2.45) is 0 Å². The molecule has 0 N–H and O–H groups in total. The summed E-state index contributed by atoms with van der Waals surface area (Å²) in [6.07, 6.45) is 0.712. The molecule has 0 aliphatic carbocycles. The highest BCUT2D eigenvalue weighted by molar-refractivity contribution is 5.10. The van der Waals surface area contributed by atoms with Gasteiger partial charge in [-0.3, -0.25) is 0 Å². The topological polar surface area (TPSA) is 125 Å². The standard InChI is InChI=1S/C3HN5O4/c9-7(10)2-4-1-5-3(6-2)8(11)12/h1H. The third-order valence-corrected chi connectivity index (χ3v) is 0.873. The molecule has 0 radical (unpaired) electrons. The molecule has 1 heterocycles. The fraction of sp³-hybridized carbons (Fsp3) is 0. The maximum Gasteiger partial charge on any atom is 0.477 e. The van der Waals surface area contributed by atoms with Crippen molar-refractivity contribution in [3.05, 3.63) is 26.6 Å². The SMILES string of the molecule is O=[N+]([O-])c1ncnc([N+](=O)[O-])n1. The van der Waals surface area contributed by atoms with E-state index in [1.165, 1.54) is 0 Å². The average molecular weight is 171 g/mol. The quantitative estimate of drug-likeness (QED) is 0.441. The van der Waals surface area contributed by atoms with Crippen molar-refractivity contribution >= 4 is 11.9 Å². The molecule has 9 nitrogen and oxygen atoms in total. The van der Waals surface area contributed by atoms with Crippen molar-refractivity contribution in [1.82, 2.24) is 15.0 Å². The third-order valence-electron chi connectivity index (χ3n) is 0.873. The van der Waals surface area contributed by atoms with E-state index < -0.39 is 21.7 Å². The highest BCUT2D eigenvalue weighted by Crippen LogP contribution is 2.05. The zero-order valence-electron chi connectivity index (χ0n) is 5.45. The lowest BCUT2D eigenvalue weighted by molar-refractivity contribution is -0.409. The Balaban J connectivity index is 3.12. The number of hydrogen-bond donors (Lipinski definition) is 0. The molecule has 0 unspecified atom stereocenters. The van der Waals surface area contributed by atoms with Crippen LogP contribution < -0.4 is 0 Å². The largest absolute Gasteiger partial charge is 0.477 e. The van der Waals surface area contributed by atoms with E-state index in [2.05, 4.69) is 15.0 Å². The molecule has 0 bridgehead atoms.